The third-order valence-corrected chi connectivity index (χ3v) is 4.22. The lowest BCUT2D eigenvalue weighted by atomic mass is 9.95. The van der Waals surface area contributed by atoms with E-state index in [1.165, 1.54) is 25.7 Å². The van der Waals surface area contributed by atoms with Crippen LogP contribution in [0.3, 0.4) is 0 Å². The summed E-state index contributed by atoms with van der Waals surface area (Å²) in [6.45, 7) is 2.03. The minimum absolute atomic E-state index is 0.647. The highest BCUT2D eigenvalue weighted by atomic mass is 15.0. The molecule has 0 aromatic carbocycles. The summed E-state index contributed by atoms with van der Waals surface area (Å²) in [6.07, 6.45) is 7.35. The number of rotatable bonds is 2. The fourth-order valence-electron chi connectivity index (χ4n) is 3.26. The molecule has 3 heteroatoms. The Balaban J connectivity index is 1.72. The molecule has 86 valence electrons. The van der Waals surface area contributed by atoms with Crippen LogP contribution in [0.1, 0.15) is 31.2 Å². The lowest BCUT2D eigenvalue weighted by Gasteiger charge is -2.23. The van der Waals surface area contributed by atoms with Gasteiger partial charge in [-0.2, -0.15) is 0 Å². The first-order valence-electron chi connectivity index (χ1n) is 6.21. The summed E-state index contributed by atoms with van der Waals surface area (Å²) in [5.41, 5.74) is 7.66. The van der Waals surface area contributed by atoms with Crippen molar-refractivity contribution in [3.8, 4) is 0 Å². The summed E-state index contributed by atoms with van der Waals surface area (Å²) in [7, 11) is 0. The second kappa shape index (κ2) is 3.65. The Kier molecular flexibility index (Phi) is 2.27. The first-order valence-corrected chi connectivity index (χ1v) is 6.21. The Labute approximate surface area is 96.4 Å². The molecule has 2 aliphatic carbocycles. The second-order valence-electron chi connectivity index (χ2n) is 5.35. The summed E-state index contributed by atoms with van der Waals surface area (Å²) in [5.74, 6) is 2.84. The molecule has 0 radical (unpaired) electrons. The zero-order chi connectivity index (χ0) is 11.1. The molecule has 1 aromatic heterocycles. The van der Waals surface area contributed by atoms with Gasteiger partial charge in [0.25, 0.3) is 0 Å². The van der Waals surface area contributed by atoms with Crippen LogP contribution in [0.15, 0.2) is 12.3 Å². The average Bonchev–Trinajstić information content (AvgIpc) is 2.85. The van der Waals surface area contributed by atoms with E-state index >= 15 is 0 Å². The molecule has 2 bridgehead atoms. The zero-order valence-corrected chi connectivity index (χ0v) is 9.74. The van der Waals surface area contributed by atoms with Crippen LogP contribution in [0, 0.1) is 18.8 Å². The highest BCUT2D eigenvalue weighted by molar-refractivity contribution is 5.51. The number of hydrogen-bond donors (Lipinski definition) is 2. The Morgan fingerprint density at radius 3 is 2.88 bits per heavy atom. The van der Waals surface area contributed by atoms with Crippen LogP contribution in [0.25, 0.3) is 0 Å². The van der Waals surface area contributed by atoms with E-state index in [1.807, 2.05) is 6.92 Å². The standard InChI is InChI=1S/C13H19N3/c1-8-4-13(15-7-11(8)14)16-12-6-9-2-3-10(12)5-9/h4,7,9-10,12H,2-3,5-6,14H2,1H3,(H,15,16). The Morgan fingerprint density at radius 1 is 1.38 bits per heavy atom. The summed E-state index contributed by atoms with van der Waals surface area (Å²) >= 11 is 0. The molecule has 2 saturated carbocycles. The largest absolute Gasteiger partial charge is 0.397 e. The number of aryl methyl sites for hydroxylation is 1. The molecule has 2 aliphatic rings. The van der Waals surface area contributed by atoms with E-state index in [-0.39, 0.29) is 0 Å². The lowest BCUT2D eigenvalue weighted by molar-refractivity contribution is 0.439. The molecular formula is C13H19N3. The van der Waals surface area contributed by atoms with Gasteiger partial charge in [-0.05, 0) is 49.7 Å². The number of fused-ring (bicyclic) bond motifs is 2. The zero-order valence-electron chi connectivity index (χ0n) is 9.74. The van der Waals surface area contributed by atoms with Gasteiger partial charge in [0, 0.05) is 6.04 Å². The lowest BCUT2D eigenvalue weighted by Crippen LogP contribution is -2.26. The van der Waals surface area contributed by atoms with Crippen molar-refractivity contribution in [3.63, 3.8) is 0 Å². The van der Waals surface area contributed by atoms with E-state index < -0.39 is 0 Å². The van der Waals surface area contributed by atoms with Crippen molar-refractivity contribution in [2.75, 3.05) is 11.1 Å². The first-order chi connectivity index (χ1) is 7.72. The van der Waals surface area contributed by atoms with E-state index in [4.69, 9.17) is 5.73 Å². The predicted octanol–water partition coefficient (Wildman–Crippen LogP) is 2.57. The molecule has 3 rings (SSSR count). The SMILES string of the molecule is Cc1cc(NC2CC3CCC2C3)ncc1N. The third-order valence-electron chi connectivity index (χ3n) is 4.22. The van der Waals surface area contributed by atoms with Crippen molar-refractivity contribution in [1.82, 2.24) is 4.98 Å². The number of hydrogen-bond acceptors (Lipinski definition) is 3. The van der Waals surface area contributed by atoms with Gasteiger partial charge in [-0.25, -0.2) is 4.98 Å². The quantitative estimate of drug-likeness (QED) is 0.800. The molecule has 3 N–H and O–H groups in total. The summed E-state index contributed by atoms with van der Waals surface area (Å²) in [5, 5.41) is 3.57. The minimum atomic E-state index is 0.647. The van der Waals surface area contributed by atoms with Crippen molar-refractivity contribution in [2.45, 2.75) is 38.6 Å². The summed E-state index contributed by atoms with van der Waals surface area (Å²) in [4.78, 5) is 4.35. The van der Waals surface area contributed by atoms with Crippen LogP contribution in [0.4, 0.5) is 11.5 Å². The maximum Gasteiger partial charge on any atom is 0.126 e. The highest BCUT2D eigenvalue weighted by Gasteiger charge is 2.39. The van der Waals surface area contributed by atoms with Crippen LogP contribution >= 0.6 is 0 Å². The molecule has 3 unspecified atom stereocenters. The number of aromatic nitrogens is 1. The minimum Gasteiger partial charge on any atom is -0.397 e. The fourth-order valence-corrected chi connectivity index (χ4v) is 3.26. The van der Waals surface area contributed by atoms with Gasteiger partial charge < -0.3 is 11.1 Å². The van der Waals surface area contributed by atoms with Gasteiger partial charge in [-0.1, -0.05) is 6.42 Å². The monoisotopic (exact) mass is 217 g/mol. The summed E-state index contributed by atoms with van der Waals surface area (Å²) in [6, 6.07) is 2.70. The van der Waals surface area contributed by atoms with Crippen LogP contribution in [0.5, 0.6) is 0 Å². The second-order valence-corrected chi connectivity index (χ2v) is 5.35. The smallest absolute Gasteiger partial charge is 0.126 e. The molecule has 1 heterocycles. The molecular weight excluding hydrogens is 198 g/mol. The van der Waals surface area contributed by atoms with Crippen molar-refractivity contribution in [3.05, 3.63) is 17.8 Å². The van der Waals surface area contributed by atoms with Gasteiger partial charge in [-0.3, -0.25) is 0 Å². The Morgan fingerprint density at radius 2 is 2.25 bits per heavy atom. The highest BCUT2D eigenvalue weighted by Crippen LogP contribution is 2.45. The van der Waals surface area contributed by atoms with Gasteiger partial charge in [0.15, 0.2) is 0 Å². The van der Waals surface area contributed by atoms with E-state index in [2.05, 4.69) is 16.4 Å². The molecule has 1 aromatic rings. The Hall–Kier alpha value is -1.25. The number of nitrogens with two attached hydrogens (primary N) is 1. The third kappa shape index (κ3) is 1.64. The normalized spacial score (nSPS) is 31.9. The van der Waals surface area contributed by atoms with Crippen LogP contribution in [-0.2, 0) is 0 Å². The van der Waals surface area contributed by atoms with Gasteiger partial charge in [0.1, 0.15) is 5.82 Å². The van der Waals surface area contributed by atoms with Crippen LogP contribution in [-0.4, -0.2) is 11.0 Å². The number of nitrogens with zero attached hydrogens (tertiary/aromatic N) is 1. The maximum absolute atomic E-state index is 5.77. The van der Waals surface area contributed by atoms with E-state index in [0.717, 1.165) is 28.9 Å². The molecule has 2 fully saturated rings. The van der Waals surface area contributed by atoms with E-state index in [0.29, 0.717) is 6.04 Å². The van der Waals surface area contributed by atoms with Gasteiger partial charge in [0.2, 0.25) is 0 Å². The number of nitrogens with one attached hydrogen (secondary N) is 1. The van der Waals surface area contributed by atoms with Crippen molar-refractivity contribution >= 4 is 11.5 Å². The molecule has 0 spiro atoms. The number of anilines is 2. The fraction of sp³-hybridized carbons (Fsp3) is 0.615. The first kappa shape index (κ1) is 9.94. The molecule has 3 nitrogen and oxygen atoms in total. The van der Waals surface area contributed by atoms with Gasteiger partial charge in [-0.15, -0.1) is 0 Å². The molecule has 3 atom stereocenters. The Bertz CT molecular complexity index is 402. The number of pyridine rings is 1. The maximum atomic E-state index is 5.77. The molecule has 0 amide bonds. The average molecular weight is 217 g/mol. The predicted molar refractivity (Wildman–Crippen MR) is 66.2 cm³/mol. The van der Waals surface area contributed by atoms with E-state index in [9.17, 15) is 0 Å². The van der Waals surface area contributed by atoms with Crippen LogP contribution < -0.4 is 11.1 Å². The van der Waals surface area contributed by atoms with Crippen LogP contribution in [0.2, 0.25) is 0 Å². The van der Waals surface area contributed by atoms with Crippen molar-refractivity contribution < 1.29 is 0 Å². The van der Waals surface area contributed by atoms with Gasteiger partial charge >= 0.3 is 0 Å². The topological polar surface area (TPSA) is 50.9 Å². The molecule has 16 heavy (non-hydrogen) atoms. The van der Waals surface area contributed by atoms with Crippen molar-refractivity contribution in [2.24, 2.45) is 11.8 Å². The van der Waals surface area contributed by atoms with E-state index in [1.54, 1.807) is 6.20 Å². The summed E-state index contributed by atoms with van der Waals surface area (Å²) < 4.78 is 0. The molecule has 0 aliphatic heterocycles. The van der Waals surface area contributed by atoms with Crippen molar-refractivity contribution in [1.29, 1.82) is 0 Å². The number of nitrogen functional groups attached to an aromatic ring is 1. The van der Waals surface area contributed by atoms with Gasteiger partial charge in [0.05, 0.1) is 11.9 Å². The molecule has 0 saturated heterocycles.